The Hall–Kier alpha value is -1.47. The lowest BCUT2D eigenvalue weighted by molar-refractivity contribution is -0.0175. The van der Waals surface area contributed by atoms with Crippen molar-refractivity contribution >= 4 is 28.3 Å². The molecule has 0 amide bonds. The largest absolute Gasteiger partial charge is 0.488 e. The molecule has 0 radical (unpaired) electrons. The fourth-order valence-corrected chi connectivity index (χ4v) is 2.69. The quantitative estimate of drug-likeness (QED) is 0.653. The monoisotopic (exact) mass is 383 g/mol. The average molecular weight is 383 g/mol. The number of ether oxygens (including phenoxy) is 3. The van der Waals surface area contributed by atoms with Crippen LogP contribution in [0.4, 0.5) is 5.69 Å². The van der Waals surface area contributed by atoms with Crippen LogP contribution in [0.15, 0.2) is 36.4 Å². The van der Waals surface area contributed by atoms with Crippen molar-refractivity contribution in [3.05, 3.63) is 51.1 Å². The van der Waals surface area contributed by atoms with Crippen molar-refractivity contribution in [3.63, 3.8) is 0 Å². The van der Waals surface area contributed by atoms with Crippen LogP contribution in [0.3, 0.4) is 0 Å². The number of para-hydroxylation sites is 1. The summed E-state index contributed by atoms with van der Waals surface area (Å²) in [4.78, 5) is 0. The summed E-state index contributed by atoms with van der Waals surface area (Å²) in [6, 6.07) is 11.7. The molecule has 1 aliphatic rings. The van der Waals surface area contributed by atoms with Gasteiger partial charge in [0.15, 0.2) is 6.79 Å². The first-order chi connectivity index (χ1) is 9.74. The molecule has 0 bridgehead atoms. The predicted octanol–water partition coefficient (Wildman–Crippen LogP) is 3.32. The molecular weight excluding hydrogens is 369 g/mol. The lowest BCUT2D eigenvalue weighted by Crippen LogP contribution is -2.14. The van der Waals surface area contributed by atoms with E-state index in [4.69, 9.17) is 19.9 Å². The number of anilines is 1. The highest BCUT2D eigenvalue weighted by Gasteiger charge is 2.16. The standard InChI is InChI=1S/C15H14INO3/c16-13-3-1-2-4-14(13)19-8-11-6-12(17)5-10-7-18-9-20-15(10)11/h1-6H,7-9,17H2. The van der Waals surface area contributed by atoms with Crippen LogP contribution in [0, 0.1) is 3.57 Å². The van der Waals surface area contributed by atoms with Crippen molar-refractivity contribution in [3.8, 4) is 11.5 Å². The van der Waals surface area contributed by atoms with Gasteiger partial charge in [0.1, 0.15) is 18.1 Å². The fourth-order valence-electron chi connectivity index (χ4n) is 2.15. The van der Waals surface area contributed by atoms with E-state index in [-0.39, 0.29) is 6.79 Å². The zero-order valence-electron chi connectivity index (χ0n) is 10.8. The van der Waals surface area contributed by atoms with Crippen LogP contribution in [0.5, 0.6) is 11.5 Å². The van der Waals surface area contributed by atoms with Crippen molar-refractivity contribution in [1.82, 2.24) is 0 Å². The maximum Gasteiger partial charge on any atom is 0.189 e. The number of nitrogen functional groups attached to an aromatic ring is 1. The normalized spacial score (nSPS) is 13.4. The number of nitrogens with two attached hydrogens (primary N) is 1. The lowest BCUT2D eigenvalue weighted by Gasteiger charge is -2.21. The van der Waals surface area contributed by atoms with E-state index in [1.807, 2.05) is 36.4 Å². The van der Waals surface area contributed by atoms with E-state index in [0.717, 1.165) is 26.2 Å². The van der Waals surface area contributed by atoms with Gasteiger partial charge in [-0.25, -0.2) is 0 Å². The SMILES string of the molecule is Nc1cc2c(c(COc3ccccc3I)c1)OCOC2. The van der Waals surface area contributed by atoms with Gasteiger partial charge in [-0.2, -0.15) is 0 Å². The molecule has 2 aromatic rings. The second-order valence-electron chi connectivity index (χ2n) is 4.50. The topological polar surface area (TPSA) is 53.7 Å². The van der Waals surface area contributed by atoms with E-state index in [9.17, 15) is 0 Å². The first kappa shape index (κ1) is 13.5. The number of rotatable bonds is 3. The summed E-state index contributed by atoms with van der Waals surface area (Å²) in [5.41, 5.74) is 8.52. The molecule has 1 aliphatic heterocycles. The van der Waals surface area contributed by atoms with Crippen molar-refractivity contribution in [2.45, 2.75) is 13.2 Å². The Morgan fingerprint density at radius 2 is 2.10 bits per heavy atom. The molecule has 0 unspecified atom stereocenters. The van der Waals surface area contributed by atoms with Gasteiger partial charge in [-0.15, -0.1) is 0 Å². The number of benzene rings is 2. The second kappa shape index (κ2) is 5.88. The van der Waals surface area contributed by atoms with Gasteiger partial charge in [0.05, 0.1) is 10.2 Å². The molecule has 20 heavy (non-hydrogen) atoms. The van der Waals surface area contributed by atoms with Crippen LogP contribution < -0.4 is 15.2 Å². The summed E-state index contributed by atoms with van der Waals surface area (Å²) in [6.45, 7) is 1.22. The van der Waals surface area contributed by atoms with Crippen LogP contribution in [0.1, 0.15) is 11.1 Å². The Kier molecular flexibility index (Phi) is 3.98. The Morgan fingerprint density at radius 1 is 1.25 bits per heavy atom. The van der Waals surface area contributed by atoms with Crippen LogP contribution in [0.2, 0.25) is 0 Å². The molecule has 2 N–H and O–H groups in total. The van der Waals surface area contributed by atoms with Crippen LogP contribution in [0.25, 0.3) is 0 Å². The van der Waals surface area contributed by atoms with E-state index < -0.39 is 0 Å². The average Bonchev–Trinajstić information content (AvgIpc) is 2.46. The summed E-state index contributed by atoms with van der Waals surface area (Å²) in [5, 5.41) is 0. The maximum absolute atomic E-state index is 5.91. The summed E-state index contributed by atoms with van der Waals surface area (Å²) in [5.74, 6) is 1.69. The third kappa shape index (κ3) is 2.83. The zero-order chi connectivity index (χ0) is 13.9. The Bertz CT molecular complexity index is 631. The van der Waals surface area contributed by atoms with Crippen molar-refractivity contribution in [2.24, 2.45) is 0 Å². The van der Waals surface area contributed by atoms with Crippen molar-refractivity contribution < 1.29 is 14.2 Å². The number of fused-ring (bicyclic) bond motifs is 1. The van der Waals surface area contributed by atoms with Gasteiger partial charge in [-0.3, -0.25) is 0 Å². The molecule has 5 heteroatoms. The Morgan fingerprint density at radius 3 is 2.95 bits per heavy atom. The van der Waals surface area contributed by atoms with Crippen molar-refractivity contribution in [1.29, 1.82) is 0 Å². The highest BCUT2D eigenvalue weighted by Crippen LogP contribution is 2.32. The van der Waals surface area contributed by atoms with E-state index >= 15 is 0 Å². The molecule has 2 aromatic carbocycles. The first-order valence-electron chi connectivity index (χ1n) is 6.23. The van der Waals surface area contributed by atoms with Crippen LogP contribution in [-0.2, 0) is 18.0 Å². The minimum absolute atomic E-state index is 0.271. The minimum Gasteiger partial charge on any atom is -0.488 e. The van der Waals surface area contributed by atoms with Gasteiger partial charge in [0.25, 0.3) is 0 Å². The number of halogens is 1. The molecule has 0 atom stereocenters. The van der Waals surface area contributed by atoms with Gasteiger partial charge in [-0.1, -0.05) is 12.1 Å². The molecule has 3 rings (SSSR count). The van der Waals surface area contributed by atoms with Gasteiger partial charge in [0, 0.05) is 16.8 Å². The fraction of sp³-hybridized carbons (Fsp3) is 0.200. The lowest BCUT2D eigenvalue weighted by atomic mass is 10.1. The Balaban J connectivity index is 1.84. The predicted molar refractivity (Wildman–Crippen MR) is 84.6 cm³/mol. The highest BCUT2D eigenvalue weighted by atomic mass is 127. The van der Waals surface area contributed by atoms with Crippen LogP contribution in [-0.4, -0.2) is 6.79 Å². The molecule has 0 spiro atoms. The maximum atomic E-state index is 5.91. The third-order valence-corrected chi connectivity index (χ3v) is 3.92. The minimum atomic E-state index is 0.271. The molecule has 4 nitrogen and oxygen atoms in total. The summed E-state index contributed by atoms with van der Waals surface area (Å²) >= 11 is 2.25. The molecule has 0 aromatic heterocycles. The summed E-state index contributed by atoms with van der Waals surface area (Å²) in [7, 11) is 0. The van der Waals surface area contributed by atoms with Gasteiger partial charge in [0.2, 0.25) is 0 Å². The van der Waals surface area contributed by atoms with Crippen molar-refractivity contribution in [2.75, 3.05) is 12.5 Å². The molecular formula is C15H14INO3. The van der Waals surface area contributed by atoms with Gasteiger partial charge in [-0.05, 0) is 46.9 Å². The second-order valence-corrected chi connectivity index (χ2v) is 5.66. The molecule has 0 saturated heterocycles. The molecule has 0 aliphatic carbocycles. The van der Waals surface area contributed by atoms with Gasteiger partial charge >= 0.3 is 0 Å². The highest BCUT2D eigenvalue weighted by molar-refractivity contribution is 14.1. The zero-order valence-corrected chi connectivity index (χ0v) is 12.9. The molecule has 1 heterocycles. The van der Waals surface area contributed by atoms with Gasteiger partial charge < -0.3 is 19.9 Å². The van der Waals surface area contributed by atoms with Crippen LogP contribution >= 0.6 is 22.6 Å². The van der Waals surface area contributed by atoms with E-state index in [1.165, 1.54) is 0 Å². The summed E-state index contributed by atoms with van der Waals surface area (Å²) < 4.78 is 17.8. The number of hydrogen-bond donors (Lipinski definition) is 1. The van der Waals surface area contributed by atoms with E-state index in [2.05, 4.69) is 22.6 Å². The van der Waals surface area contributed by atoms with E-state index in [1.54, 1.807) is 0 Å². The molecule has 104 valence electrons. The van der Waals surface area contributed by atoms with E-state index in [0.29, 0.717) is 18.9 Å². The summed E-state index contributed by atoms with van der Waals surface area (Å²) in [6.07, 6.45) is 0. The smallest absolute Gasteiger partial charge is 0.189 e. The molecule has 0 saturated carbocycles. The number of hydrogen-bond acceptors (Lipinski definition) is 4. The third-order valence-electron chi connectivity index (χ3n) is 3.03. The molecule has 0 fully saturated rings. The first-order valence-corrected chi connectivity index (χ1v) is 7.31. The Labute approximate surface area is 131 Å².